The van der Waals surface area contributed by atoms with E-state index in [-0.39, 0.29) is 47.1 Å². The second-order valence-corrected chi connectivity index (χ2v) is 24.2. The van der Waals surface area contributed by atoms with Crippen LogP contribution >= 0.6 is 45.1 Å². The van der Waals surface area contributed by atoms with Gasteiger partial charge in [-0.25, -0.2) is 23.5 Å². The number of nitrogens with two attached hydrogens (primary N) is 1. The Bertz CT molecular complexity index is 3310. The Kier molecular flexibility index (Phi) is 16.6. The summed E-state index contributed by atoms with van der Waals surface area (Å²) in [5.74, 6) is -1.52. The van der Waals surface area contributed by atoms with Crippen LogP contribution in [0.2, 0.25) is 0 Å². The SMILES string of the molecule is CC/N=c1/cc2oc3cc(NCC)c(C)cc3c(-c3ccc(C(=O)NCC(C)(C)SSCO[C@@H]4C[C@H](n5cnc6c(=O)[nH]c(N)nc65)OC4COP(=O)(O)OP(=O)(O)OP(=O)(O)O)cc3C(=O)O)c-2cc1C. The molecule has 0 radical (unpaired) electrons. The quantitative estimate of drug-likeness (QED) is 0.0123. The smallest absolute Gasteiger partial charge is 0.478 e. The second kappa shape index (κ2) is 21.9. The van der Waals surface area contributed by atoms with Crippen LogP contribution in [-0.4, -0.2) is 105 Å². The van der Waals surface area contributed by atoms with Crippen molar-refractivity contribution in [2.24, 2.45) is 4.99 Å². The van der Waals surface area contributed by atoms with Crippen LogP contribution in [-0.2, 0) is 36.3 Å². The molecule has 72 heavy (non-hydrogen) atoms. The van der Waals surface area contributed by atoms with Gasteiger partial charge in [0, 0.05) is 70.7 Å². The summed E-state index contributed by atoms with van der Waals surface area (Å²) in [6.07, 6.45) is -1.89. The van der Waals surface area contributed by atoms with E-state index in [1.807, 2.05) is 65.8 Å². The van der Waals surface area contributed by atoms with Gasteiger partial charge in [0.15, 0.2) is 11.2 Å². The number of phosphoric ester groups is 1. The molecular formula is C42H51N8O17P3S2. The lowest BCUT2D eigenvalue weighted by Gasteiger charge is -2.25. The van der Waals surface area contributed by atoms with Crippen LogP contribution in [0.15, 0.2) is 63.0 Å². The number of nitrogens with one attached hydrogen (secondary N) is 3. The van der Waals surface area contributed by atoms with Crippen LogP contribution < -0.4 is 27.3 Å². The molecule has 4 aromatic rings. The van der Waals surface area contributed by atoms with E-state index in [9.17, 15) is 43.0 Å². The third-order valence-corrected chi connectivity index (χ3v) is 17.7. The Hall–Kier alpha value is -4.95. The molecule has 2 aromatic heterocycles. The van der Waals surface area contributed by atoms with Crippen molar-refractivity contribution in [1.82, 2.24) is 24.8 Å². The number of nitrogens with zero attached hydrogens (tertiary/aromatic N) is 4. The van der Waals surface area contributed by atoms with Crippen LogP contribution in [0, 0.1) is 13.8 Å². The number of hydrogen-bond acceptors (Lipinski definition) is 19. The average Bonchev–Trinajstić information content (AvgIpc) is 3.89. The molecule has 0 bridgehead atoms. The fourth-order valence-electron chi connectivity index (χ4n) is 7.83. The summed E-state index contributed by atoms with van der Waals surface area (Å²) in [7, 11) is -14.5. The van der Waals surface area contributed by atoms with Crippen molar-refractivity contribution in [3.8, 4) is 22.5 Å². The summed E-state index contributed by atoms with van der Waals surface area (Å²) >= 11 is 0. The van der Waals surface area contributed by atoms with Crippen molar-refractivity contribution in [2.45, 2.75) is 71.1 Å². The first kappa shape index (κ1) is 54.8. The van der Waals surface area contributed by atoms with Crippen molar-refractivity contribution in [3.05, 3.63) is 86.8 Å². The number of anilines is 2. The molecule has 10 N–H and O–H groups in total. The van der Waals surface area contributed by atoms with Gasteiger partial charge >= 0.3 is 29.4 Å². The molecule has 3 unspecified atom stereocenters. The first-order chi connectivity index (χ1) is 33.8. The van der Waals surface area contributed by atoms with E-state index in [2.05, 4.69) is 39.2 Å². The highest BCUT2D eigenvalue weighted by molar-refractivity contribution is 8.77. The molecule has 4 heterocycles. The largest absolute Gasteiger partial charge is 0.490 e. The number of hydrogen-bond donors (Lipinski definition) is 9. The van der Waals surface area contributed by atoms with Crippen LogP contribution in [0.4, 0.5) is 11.6 Å². The number of aryl methyl sites for hydroxylation is 2. The molecule has 1 aliphatic carbocycles. The fourth-order valence-corrected chi connectivity index (χ4v) is 13.0. The summed E-state index contributed by atoms with van der Waals surface area (Å²) in [6.45, 7) is 12.0. The molecule has 5 atom stereocenters. The summed E-state index contributed by atoms with van der Waals surface area (Å²) in [6, 6.07) is 12.2. The van der Waals surface area contributed by atoms with Gasteiger partial charge in [0.1, 0.15) is 29.6 Å². The number of nitrogen functional groups attached to an aromatic ring is 1. The molecular weight excluding hydrogens is 1050 g/mol. The van der Waals surface area contributed by atoms with Gasteiger partial charge in [0.25, 0.3) is 11.5 Å². The Morgan fingerprint density at radius 1 is 1.03 bits per heavy atom. The molecule has 0 spiro atoms. The maximum Gasteiger partial charge on any atom is 0.490 e. The number of carbonyl (C=O) groups excluding carboxylic acids is 1. The summed E-state index contributed by atoms with van der Waals surface area (Å²) in [5, 5.41) is 18.3. The molecule has 1 saturated heterocycles. The number of rotatable bonds is 21. The van der Waals surface area contributed by atoms with Crippen LogP contribution in [0.25, 0.3) is 44.6 Å². The Balaban J connectivity index is 1.04. The minimum atomic E-state index is -5.81. The third-order valence-electron chi connectivity index (χ3n) is 10.9. The Morgan fingerprint density at radius 3 is 2.47 bits per heavy atom. The van der Waals surface area contributed by atoms with Gasteiger partial charge < -0.3 is 54.9 Å². The number of imidazole rings is 1. The van der Waals surface area contributed by atoms with E-state index in [4.69, 9.17) is 33.9 Å². The number of amides is 1. The molecule has 25 nitrogen and oxygen atoms in total. The Labute approximate surface area is 417 Å². The van der Waals surface area contributed by atoms with E-state index >= 15 is 0 Å². The van der Waals surface area contributed by atoms with Crippen molar-refractivity contribution in [3.63, 3.8) is 0 Å². The van der Waals surface area contributed by atoms with Gasteiger partial charge in [-0.05, 0) is 82.5 Å². The molecule has 7 rings (SSSR count). The number of carboxylic acid groups (broad SMARTS) is 1. The van der Waals surface area contributed by atoms with Gasteiger partial charge in [-0.1, -0.05) is 27.7 Å². The minimum Gasteiger partial charge on any atom is -0.478 e. The lowest BCUT2D eigenvalue weighted by atomic mass is 9.88. The molecule has 0 saturated carbocycles. The number of carbonyl (C=O) groups is 2. The van der Waals surface area contributed by atoms with E-state index in [1.54, 1.807) is 12.1 Å². The van der Waals surface area contributed by atoms with Crippen molar-refractivity contribution < 1.29 is 75.0 Å². The maximum atomic E-state index is 13.7. The standard InChI is InChI=1S/C42H51N8O17P3S2/c1-7-44-28-14-30-26(11-21(28)3)35(27-12-22(4)29(45-8-2)15-31(27)64-30)24-10-9-23(13-25(24)40(53)54)38(51)46-18-42(5,6)72-71-20-62-32-16-34(50-19-47-36-37(50)48-41(43)49-39(36)52)65-33(32)17-63-69(58,59)67-70(60,61)66-68(55,56)57/h9-15,19,32-34,44H,7-8,16-18,20H2,1-6H3,(H,46,51)(H,53,54)(H,58,59)(H,60,61)(H2,55,56,57)(H3,43,48,49,52)/b45-29-/t32-,33?,34-/m1/s1. The number of H-pyrrole nitrogens is 1. The summed E-state index contributed by atoms with van der Waals surface area (Å²) in [4.78, 5) is 91.8. The van der Waals surface area contributed by atoms with Crippen molar-refractivity contribution >= 4 is 90.7 Å². The van der Waals surface area contributed by atoms with Gasteiger partial charge in [-0.2, -0.15) is 13.6 Å². The highest BCUT2D eigenvalue weighted by Crippen LogP contribution is 2.66. The van der Waals surface area contributed by atoms with Crippen molar-refractivity contribution in [1.29, 1.82) is 0 Å². The molecule has 2 aliphatic heterocycles. The molecule has 388 valence electrons. The molecule has 2 aromatic carbocycles. The number of aromatic carboxylic acids is 1. The second-order valence-electron chi connectivity index (χ2n) is 16.8. The lowest BCUT2D eigenvalue weighted by molar-refractivity contribution is -0.0522. The zero-order valence-electron chi connectivity index (χ0n) is 39.3. The number of phosphoric acid groups is 3. The molecule has 30 heteroatoms. The Morgan fingerprint density at radius 2 is 1.78 bits per heavy atom. The number of carboxylic acids is 1. The van der Waals surface area contributed by atoms with E-state index < -0.39 is 70.7 Å². The van der Waals surface area contributed by atoms with Crippen LogP contribution in [0.5, 0.6) is 0 Å². The fraction of sp³-hybridized carbons (Fsp3) is 0.381. The van der Waals surface area contributed by atoms with Gasteiger partial charge in [-0.15, -0.1) is 0 Å². The molecule has 1 amide bonds. The highest BCUT2D eigenvalue weighted by Gasteiger charge is 2.44. The van der Waals surface area contributed by atoms with Gasteiger partial charge in [0.05, 0.1) is 30.0 Å². The first-order valence-corrected chi connectivity index (χ1v) is 28.6. The highest BCUT2D eigenvalue weighted by atomic mass is 33.1. The number of fused-ring (bicyclic) bond motifs is 3. The average molecular weight is 1100 g/mol. The monoisotopic (exact) mass is 1100 g/mol. The predicted molar refractivity (Wildman–Crippen MR) is 267 cm³/mol. The predicted octanol–water partition coefficient (Wildman–Crippen LogP) is 6.45. The van der Waals surface area contributed by atoms with Gasteiger partial charge in [-0.3, -0.25) is 28.7 Å². The number of ether oxygens (including phenoxy) is 2. The third kappa shape index (κ3) is 13.0. The van der Waals surface area contributed by atoms with Crippen LogP contribution in [0.1, 0.15) is 72.2 Å². The van der Waals surface area contributed by atoms with E-state index in [0.29, 0.717) is 46.5 Å². The number of aromatic amines is 1. The zero-order valence-corrected chi connectivity index (χ0v) is 43.6. The molecule has 3 aliphatic rings. The lowest BCUT2D eigenvalue weighted by Crippen LogP contribution is -2.36. The first-order valence-electron chi connectivity index (χ1n) is 21.8. The normalized spacial score (nSPS) is 18.4. The zero-order chi connectivity index (χ0) is 52.5. The van der Waals surface area contributed by atoms with Crippen molar-refractivity contribution in [2.75, 3.05) is 43.2 Å². The van der Waals surface area contributed by atoms with Crippen LogP contribution in [0.3, 0.4) is 0 Å². The topological polar surface area (TPSA) is 372 Å². The minimum absolute atomic E-state index is 0.00484. The van der Waals surface area contributed by atoms with E-state index in [1.165, 1.54) is 38.5 Å². The van der Waals surface area contributed by atoms with Gasteiger partial charge in [0.2, 0.25) is 5.95 Å². The number of aromatic nitrogens is 4. The summed E-state index contributed by atoms with van der Waals surface area (Å²) < 4.78 is 67.4. The molecule has 1 fully saturated rings. The maximum absolute atomic E-state index is 13.7. The summed E-state index contributed by atoms with van der Waals surface area (Å²) in [5.41, 5.74) is 9.98. The number of benzene rings is 3. The van der Waals surface area contributed by atoms with E-state index in [0.717, 1.165) is 22.2 Å².